The minimum Gasteiger partial charge on any atom is -0.369 e. The van der Waals surface area contributed by atoms with E-state index in [4.69, 9.17) is 0 Å². The highest BCUT2D eigenvalue weighted by Crippen LogP contribution is 2.30. The van der Waals surface area contributed by atoms with Crippen molar-refractivity contribution < 1.29 is 4.92 Å². The van der Waals surface area contributed by atoms with Gasteiger partial charge in [0.25, 0.3) is 0 Å². The average molecular weight is 369 g/mol. The fourth-order valence-electron chi connectivity index (χ4n) is 3.05. The third kappa shape index (κ3) is 4.25. The van der Waals surface area contributed by atoms with E-state index in [-0.39, 0.29) is 17.5 Å². The highest BCUT2D eigenvalue weighted by Gasteiger charge is 2.26. The Hall–Kier alpha value is -2.94. The number of nitrogens with one attached hydrogen (secondary N) is 2. The summed E-state index contributed by atoms with van der Waals surface area (Å²) < 4.78 is 0. The van der Waals surface area contributed by atoms with Crippen molar-refractivity contribution in [3.63, 3.8) is 0 Å². The van der Waals surface area contributed by atoms with Crippen LogP contribution in [-0.4, -0.2) is 59.1 Å². The summed E-state index contributed by atoms with van der Waals surface area (Å²) in [6, 6.07) is 8.37. The minimum absolute atomic E-state index is 0.0992. The predicted molar refractivity (Wildman–Crippen MR) is 105 cm³/mol. The van der Waals surface area contributed by atoms with Crippen LogP contribution in [0.4, 0.5) is 28.8 Å². The van der Waals surface area contributed by atoms with E-state index in [2.05, 4.69) is 49.6 Å². The second-order valence-corrected chi connectivity index (χ2v) is 7.07. The molecule has 0 radical (unpaired) electrons. The van der Waals surface area contributed by atoms with Gasteiger partial charge in [-0.3, -0.25) is 10.1 Å². The first-order valence-electron chi connectivity index (χ1n) is 9.17. The van der Waals surface area contributed by atoms with Crippen LogP contribution in [0.2, 0.25) is 0 Å². The lowest BCUT2D eigenvalue weighted by molar-refractivity contribution is -0.384. The Kier molecular flexibility index (Phi) is 4.76. The number of anilines is 4. The molecule has 2 N–H and O–H groups in total. The van der Waals surface area contributed by atoms with Crippen LogP contribution < -0.4 is 15.5 Å². The van der Waals surface area contributed by atoms with Crippen molar-refractivity contribution in [1.29, 1.82) is 0 Å². The van der Waals surface area contributed by atoms with Crippen LogP contribution in [-0.2, 0) is 0 Å². The maximum absolute atomic E-state index is 11.2. The van der Waals surface area contributed by atoms with Crippen LogP contribution in [0.3, 0.4) is 0 Å². The van der Waals surface area contributed by atoms with Crippen molar-refractivity contribution in [3.05, 3.63) is 40.6 Å². The summed E-state index contributed by atoms with van der Waals surface area (Å²) in [5.41, 5.74) is 1.94. The van der Waals surface area contributed by atoms with E-state index in [1.165, 1.54) is 11.9 Å². The smallest absolute Gasteiger partial charge is 0.329 e. The zero-order valence-electron chi connectivity index (χ0n) is 15.3. The number of nitro groups is 1. The first-order valence-corrected chi connectivity index (χ1v) is 9.17. The fourth-order valence-corrected chi connectivity index (χ4v) is 3.05. The molecule has 0 amide bonds. The highest BCUT2D eigenvalue weighted by atomic mass is 16.6. The summed E-state index contributed by atoms with van der Waals surface area (Å²) in [4.78, 5) is 23.8. The lowest BCUT2D eigenvalue weighted by Gasteiger charge is -2.34. The van der Waals surface area contributed by atoms with Gasteiger partial charge in [-0.1, -0.05) is 0 Å². The first kappa shape index (κ1) is 17.5. The lowest BCUT2D eigenvalue weighted by atomic mass is 10.2. The number of aromatic nitrogens is 2. The Bertz CT molecular complexity index is 815. The molecular formula is C18H23N7O2. The van der Waals surface area contributed by atoms with Gasteiger partial charge in [-0.25, -0.2) is 4.98 Å². The number of piperazine rings is 1. The predicted octanol–water partition coefficient (Wildman–Crippen LogP) is 2.45. The highest BCUT2D eigenvalue weighted by molar-refractivity contribution is 5.63. The molecule has 142 valence electrons. The summed E-state index contributed by atoms with van der Waals surface area (Å²) in [5, 5.41) is 17.4. The third-order valence-electron chi connectivity index (χ3n) is 4.88. The maximum atomic E-state index is 11.2. The first-order chi connectivity index (χ1) is 13.1. The van der Waals surface area contributed by atoms with Gasteiger partial charge >= 0.3 is 5.69 Å². The van der Waals surface area contributed by atoms with Gasteiger partial charge in [0, 0.05) is 43.6 Å². The molecule has 1 saturated heterocycles. The molecule has 2 fully saturated rings. The molecule has 9 nitrogen and oxygen atoms in total. The zero-order chi connectivity index (χ0) is 18.8. The molecule has 1 aliphatic carbocycles. The minimum atomic E-state index is -0.459. The quantitative estimate of drug-likeness (QED) is 0.592. The van der Waals surface area contributed by atoms with Crippen molar-refractivity contribution in [2.24, 2.45) is 0 Å². The number of hydrogen-bond donors (Lipinski definition) is 2. The van der Waals surface area contributed by atoms with Crippen LogP contribution >= 0.6 is 0 Å². The molecular weight excluding hydrogens is 346 g/mol. The standard InChI is InChI=1S/C18H23N7O2/c1-23-8-10-24(11-9-23)15-6-4-14(5-7-15)21-18-19-12-16(25(26)27)17(22-18)20-13-2-3-13/h4-7,12-13H,2-3,8-11H2,1H3,(H2,19,20,21,22). The number of likely N-dealkylation sites (N-methyl/N-ethyl adjacent to an activating group) is 1. The van der Waals surface area contributed by atoms with Crippen LogP contribution in [0.1, 0.15) is 12.8 Å². The van der Waals surface area contributed by atoms with Gasteiger partial charge in [0.15, 0.2) is 0 Å². The van der Waals surface area contributed by atoms with Crippen molar-refractivity contribution >= 4 is 28.8 Å². The van der Waals surface area contributed by atoms with E-state index in [0.29, 0.717) is 5.95 Å². The van der Waals surface area contributed by atoms with Crippen LogP contribution in [0.15, 0.2) is 30.5 Å². The van der Waals surface area contributed by atoms with Gasteiger partial charge in [-0.15, -0.1) is 0 Å². The maximum Gasteiger partial charge on any atom is 0.329 e. The van der Waals surface area contributed by atoms with Crippen LogP contribution in [0.25, 0.3) is 0 Å². The molecule has 9 heteroatoms. The van der Waals surface area contributed by atoms with Gasteiger partial charge in [-0.05, 0) is 44.2 Å². The van der Waals surface area contributed by atoms with Crippen molar-refractivity contribution in [3.8, 4) is 0 Å². The van der Waals surface area contributed by atoms with Gasteiger partial charge in [0.1, 0.15) is 6.20 Å². The summed E-state index contributed by atoms with van der Waals surface area (Å²) in [7, 11) is 2.14. The molecule has 1 saturated carbocycles. The molecule has 2 aliphatic rings. The lowest BCUT2D eigenvalue weighted by Crippen LogP contribution is -2.44. The van der Waals surface area contributed by atoms with Gasteiger partial charge in [0.05, 0.1) is 4.92 Å². The Balaban J connectivity index is 1.46. The topological polar surface area (TPSA) is 99.5 Å². The van der Waals surface area contributed by atoms with Crippen LogP contribution in [0, 0.1) is 10.1 Å². The summed E-state index contributed by atoms with van der Waals surface area (Å²) >= 11 is 0. The Labute approximate surface area is 157 Å². The Morgan fingerprint density at radius 2 is 1.85 bits per heavy atom. The summed E-state index contributed by atoms with van der Waals surface area (Å²) in [6.45, 7) is 4.16. The Morgan fingerprint density at radius 3 is 2.48 bits per heavy atom. The van der Waals surface area contributed by atoms with Crippen molar-refractivity contribution in [2.45, 2.75) is 18.9 Å². The molecule has 0 bridgehead atoms. The fraction of sp³-hybridized carbons (Fsp3) is 0.444. The van der Waals surface area contributed by atoms with E-state index >= 15 is 0 Å². The molecule has 1 aromatic carbocycles. The van der Waals surface area contributed by atoms with Gasteiger partial charge in [0.2, 0.25) is 11.8 Å². The molecule has 2 heterocycles. The molecule has 4 rings (SSSR count). The number of hydrogen-bond acceptors (Lipinski definition) is 8. The molecule has 27 heavy (non-hydrogen) atoms. The number of rotatable bonds is 6. The van der Waals surface area contributed by atoms with Crippen molar-refractivity contribution in [2.75, 3.05) is 48.8 Å². The zero-order valence-corrected chi connectivity index (χ0v) is 15.3. The van der Waals surface area contributed by atoms with E-state index in [1.807, 2.05) is 12.1 Å². The average Bonchev–Trinajstić information content (AvgIpc) is 3.47. The van der Waals surface area contributed by atoms with Crippen molar-refractivity contribution in [1.82, 2.24) is 14.9 Å². The largest absolute Gasteiger partial charge is 0.369 e. The van der Waals surface area contributed by atoms with E-state index in [1.54, 1.807) is 0 Å². The second-order valence-electron chi connectivity index (χ2n) is 7.07. The number of benzene rings is 1. The van der Waals surface area contributed by atoms with E-state index in [0.717, 1.165) is 44.7 Å². The monoisotopic (exact) mass is 369 g/mol. The third-order valence-corrected chi connectivity index (χ3v) is 4.88. The van der Waals surface area contributed by atoms with Gasteiger partial charge < -0.3 is 20.4 Å². The van der Waals surface area contributed by atoms with Gasteiger partial charge in [-0.2, -0.15) is 4.98 Å². The summed E-state index contributed by atoms with van der Waals surface area (Å²) in [6.07, 6.45) is 3.27. The van der Waals surface area contributed by atoms with E-state index in [9.17, 15) is 10.1 Å². The molecule has 2 aromatic rings. The molecule has 0 unspecified atom stereocenters. The molecule has 1 aromatic heterocycles. The van der Waals surface area contributed by atoms with E-state index < -0.39 is 4.92 Å². The number of nitrogens with zero attached hydrogens (tertiary/aromatic N) is 5. The molecule has 0 spiro atoms. The molecule has 0 atom stereocenters. The summed E-state index contributed by atoms with van der Waals surface area (Å²) in [5.74, 6) is 0.616. The van der Waals surface area contributed by atoms with Crippen LogP contribution in [0.5, 0.6) is 0 Å². The molecule has 1 aliphatic heterocycles. The second kappa shape index (κ2) is 7.36. The normalized spacial score (nSPS) is 17.6. The SMILES string of the molecule is CN1CCN(c2ccc(Nc3ncc([N+](=O)[O-])c(NC4CC4)n3)cc2)CC1. The Morgan fingerprint density at radius 1 is 1.15 bits per heavy atom.